The minimum absolute atomic E-state index is 0.0159. The van der Waals surface area contributed by atoms with Crippen molar-refractivity contribution in [3.8, 4) is 0 Å². The van der Waals surface area contributed by atoms with Crippen molar-refractivity contribution in [2.24, 2.45) is 0 Å². The number of hydrogen-bond acceptors (Lipinski definition) is 0. The summed E-state index contributed by atoms with van der Waals surface area (Å²) in [5, 5.41) is 0. The third kappa shape index (κ3) is 2.29. The van der Waals surface area contributed by atoms with Gasteiger partial charge in [0.1, 0.15) is 5.67 Å². The van der Waals surface area contributed by atoms with E-state index >= 15 is 0 Å². The highest BCUT2D eigenvalue weighted by Gasteiger charge is 2.26. The molecule has 0 radical (unpaired) electrons. The molecule has 2 heteroatoms. The van der Waals surface area contributed by atoms with Gasteiger partial charge in [-0.2, -0.15) is 0 Å². The summed E-state index contributed by atoms with van der Waals surface area (Å²) in [4.78, 5) is 0. The quantitative estimate of drug-likeness (QED) is 0.664. The van der Waals surface area contributed by atoms with Crippen LogP contribution in [0.1, 0.15) is 12.0 Å². The van der Waals surface area contributed by atoms with E-state index in [2.05, 4.69) is 0 Å². The van der Waals surface area contributed by atoms with Crippen LogP contribution >= 0.6 is 11.6 Å². The SMILES string of the molecule is FC1(CCl)C=CC(c2ccccc2)=CC1. The van der Waals surface area contributed by atoms with Crippen LogP contribution in [0.5, 0.6) is 0 Å². The normalized spacial score (nSPS) is 25.1. The first-order valence-electron chi connectivity index (χ1n) is 4.93. The van der Waals surface area contributed by atoms with E-state index in [1.54, 1.807) is 12.2 Å². The molecule has 0 heterocycles. The van der Waals surface area contributed by atoms with Crippen molar-refractivity contribution in [2.75, 3.05) is 5.88 Å². The third-order valence-electron chi connectivity index (χ3n) is 2.55. The summed E-state index contributed by atoms with van der Waals surface area (Å²) >= 11 is 5.56. The molecule has 1 unspecified atom stereocenters. The first-order valence-corrected chi connectivity index (χ1v) is 5.47. The molecule has 1 aliphatic carbocycles. The van der Waals surface area contributed by atoms with Crippen molar-refractivity contribution in [3.63, 3.8) is 0 Å². The van der Waals surface area contributed by atoms with E-state index < -0.39 is 5.67 Å². The molecule has 15 heavy (non-hydrogen) atoms. The molecule has 0 bridgehead atoms. The predicted molar refractivity (Wildman–Crippen MR) is 62.7 cm³/mol. The van der Waals surface area contributed by atoms with E-state index in [9.17, 15) is 4.39 Å². The Morgan fingerprint density at radius 3 is 2.53 bits per heavy atom. The Balaban J connectivity index is 2.20. The number of benzene rings is 1. The molecule has 0 fully saturated rings. The van der Waals surface area contributed by atoms with E-state index in [0.29, 0.717) is 6.42 Å². The molecular weight excluding hydrogens is 211 g/mol. The van der Waals surface area contributed by atoms with Crippen LogP contribution in [-0.4, -0.2) is 11.5 Å². The van der Waals surface area contributed by atoms with Gasteiger partial charge < -0.3 is 0 Å². The molecule has 1 aliphatic rings. The van der Waals surface area contributed by atoms with Crippen molar-refractivity contribution >= 4 is 17.2 Å². The second-order valence-electron chi connectivity index (χ2n) is 3.73. The van der Waals surface area contributed by atoms with Crippen LogP contribution < -0.4 is 0 Å². The number of hydrogen-bond donors (Lipinski definition) is 0. The summed E-state index contributed by atoms with van der Waals surface area (Å²) in [6.07, 6.45) is 5.62. The molecule has 0 saturated heterocycles. The highest BCUT2D eigenvalue weighted by molar-refractivity contribution is 6.18. The average Bonchev–Trinajstić information content (AvgIpc) is 2.31. The zero-order valence-electron chi connectivity index (χ0n) is 8.29. The van der Waals surface area contributed by atoms with Crippen molar-refractivity contribution in [1.82, 2.24) is 0 Å². The van der Waals surface area contributed by atoms with Gasteiger partial charge in [0.15, 0.2) is 0 Å². The van der Waals surface area contributed by atoms with Crippen molar-refractivity contribution in [1.29, 1.82) is 0 Å². The molecule has 78 valence electrons. The highest BCUT2D eigenvalue weighted by atomic mass is 35.5. The summed E-state index contributed by atoms with van der Waals surface area (Å²) in [5.74, 6) is 0.0159. The van der Waals surface area contributed by atoms with Crippen molar-refractivity contribution in [3.05, 3.63) is 54.1 Å². The predicted octanol–water partition coefficient (Wildman–Crippen LogP) is 3.98. The van der Waals surface area contributed by atoms with E-state index in [0.717, 1.165) is 11.1 Å². The zero-order chi connectivity index (χ0) is 10.7. The van der Waals surface area contributed by atoms with Gasteiger partial charge in [-0.1, -0.05) is 42.5 Å². The minimum atomic E-state index is -1.36. The van der Waals surface area contributed by atoms with Crippen LogP contribution in [0.2, 0.25) is 0 Å². The number of allylic oxidation sites excluding steroid dienone is 4. The number of alkyl halides is 2. The lowest BCUT2D eigenvalue weighted by Crippen LogP contribution is -2.22. The van der Waals surface area contributed by atoms with E-state index in [1.165, 1.54) is 0 Å². The van der Waals surface area contributed by atoms with Gasteiger partial charge in [0.2, 0.25) is 0 Å². The maximum Gasteiger partial charge on any atom is 0.146 e. The maximum atomic E-state index is 13.7. The highest BCUT2D eigenvalue weighted by Crippen LogP contribution is 2.30. The Morgan fingerprint density at radius 2 is 2.00 bits per heavy atom. The average molecular weight is 223 g/mol. The molecule has 1 aromatic carbocycles. The summed E-state index contributed by atoms with van der Waals surface area (Å²) in [5.41, 5.74) is 0.819. The van der Waals surface area contributed by atoms with E-state index in [-0.39, 0.29) is 5.88 Å². The monoisotopic (exact) mass is 222 g/mol. The van der Waals surface area contributed by atoms with Crippen LogP contribution in [-0.2, 0) is 0 Å². The minimum Gasteiger partial charge on any atom is -0.238 e. The van der Waals surface area contributed by atoms with E-state index in [1.807, 2.05) is 36.4 Å². The first kappa shape index (κ1) is 10.4. The smallest absolute Gasteiger partial charge is 0.146 e. The topological polar surface area (TPSA) is 0 Å². The van der Waals surface area contributed by atoms with Gasteiger partial charge in [0, 0.05) is 6.42 Å². The van der Waals surface area contributed by atoms with Crippen molar-refractivity contribution < 1.29 is 4.39 Å². The van der Waals surface area contributed by atoms with Crippen LogP contribution in [0.3, 0.4) is 0 Å². The first-order chi connectivity index (χ1) is 7.23. The molecular formula is C13H12ClF. The fourth-order valence-corrected chi connectivity index (χ4v) is 1.80. The van der Waals surface area contributed by atoms with Crippen LogP contribution in [0.15, 0.2) is 48.6 Å². The molecule has 0 amide bonds. The Kier molecular flexibility index (Phi) is 2.92. The van der Waals surface area contributed by atoms with Crippen LogP contribution in [0.4, 0.5) is 4.39 Å². The molecule has 1 atom stereocenters. The van der Waals surface area contributed by atoms with Gasteiger partial charge in [0.05, 0.1) is 5.88 Å². The van der Waals surface area contributed by atoms with Gasteiger partial charge in [-0.25, -0.2) is 4.39 Å². The van der Waals surface area contributed by atoms with Crippen molar-refractivity contribution in [2.45, 2.75) is 12.1 Å². The lowest BCUT2D eigenvalue weighted by atomic mass is 9.92. The fraction of sp³-hybridized carbons (Fsp3) is 0.231. The van der Waals surface area contributed by atoms with Crippen LogP contribution in [0.25, 0.3) is 5.57 Å². The maximum absolute atomic E-state index is 13.7. The molecule has 0 spiro atoms. The lowest BCUT2D eigenvalue weighted by molar-refractivity contribution is 0.264. The summed E-state index contributed by atoms with van der Waals surface area (Å²) in [7, 11) is 0. The van der Waals surface area contributed by atoms with Gasteiger partial charge in [-0.05, 0) is 17.2 Å². The van der Waals surface area contributed by atoms with Gasteiger partial charge >= 0.3 is 0 Å². The second kappa shape index (κ2) is 4.19. The molecule has 0 aliphatic heterocycles. The fourth-order valence-electron chi connectivity index (χ4n) is 1.60. The number of halogens is 2. The molecule has 0 nitrogen and oxygen atoms in total. The third-order valence-corrected chi connectivity index (χ3v) is 3.00. The Hall–Kier alpha value is -1.08. The molecule has 0 saturated carbocycles. The van der Waals surface area contributed by atoms with E-state index in [4.69, 9.17) is 11.6 Å². The van der Waals surface area contributed by atoms with Gasteiger partial charge in [0.25, 0.3) is 0 Å². The Labute approximate surface area is 94.1 Å². The number of rotatable bonds is 2. The second-order valence-corrected chi connectivity index (χ2v) is 4.00. The summed E-state index contributed by atoms with van der Waals surface area (Å²) in [6.45, 7) is 0. The largest absolute Gasteiger partial charge is 0.238 e. The Morgan fingerprint density at radius 1 is 1.27 bits per heavy atom. The summed E-state index contributed by atoms with van der Waals surface area (Å²) in [6, 6.07) is 9.95. The van der Waals surface area contributed by atoms with Gasteiger partial charge in [-0.15, -0.1) is 11.6 Å². The van der Waals surface area contributed by atoms with Gasteiger partial charge in [-0.3, -0.25) is 0 Å². The van der Waals surface area contributed by atoms with Crippen LogP contribution in [0, 0.1) is 0 Å². The standard InChI is InChI=1S/C13H12ClF/c14-10-13(15)8-6-12(7-9-13)11-4-2-1-3-5-11/h1-8H,9-10H2. The summed E-state index contributed by atoms with van der Waals surface area (Å²) < 4.78 is 13.7. The lowest BCUT2D eigenvalue weighted by Gasteiger charge is -2.21. The molecule has 2 rings (SSSR count). The molecule has 1 aromatic rings. The zero-order valence-corrected chi connectivity index (χ0v) is 9.04. The molecule has 0 N–H and O–H groups in total. The Bertz CT molecular complexity index is 394. The molecule has 0 aromatic heterocycles.